The van der Waals surface area contributed by atoms with Crippen LogP contribution < -0.4 is 10.1 Å². The van der Waals surface area contributed by atoms with Crippen molar-refractivity contribution in [2.45, 2.75) is 94.6 Å². The molecule has 9 heteroatoms. The normalized spacial score (nSPS) is 27.8. The molecule has 1 spiro atoms. The zero-order valence-electron chi connectivity index (χ0n) is 30.5. The number of fused-ring (bicyclic) bond motifs is 3. The first-order chi connectivity index (χ1) is 24.5. The van der Waals surface area contributed by atoms with Gasteiger partial charge < -0.3 is 25.2 Å². The number of likely N-dealkylation sites (N-methyl/N-ethyl adjacent to an activating group) is 1. The Hall–Kier alpha value is -3.17. The van der Waals surface area contributed by atoms with E-state index in [1.54, 1.807) is 12.1 Å². The van der Waals surface area contributed by atoms with Crippen LogP contribution in [-0.4, -0.2) is 82.9 Å². The van der Waals surface area contributed by atoms with E-state index in [-0.39, 0.29) is 5.41 Å². The number of ether oxygens (including phenoxy) is 1. The van der Waals surface area contributed by atoms with Gasteiger partial charge in [-0.2, -0.15) is 0 Å². The number of hydrogen-bond acceptors (Lipinski definition) is 7. The van der Waals surface area contributed by atoms with Gasteiger partial charge in [-0.3, -0.25) is 9.88 Å². The molecular formula is C42H55ClN4O4. The lowest BCUT2D eigenvalue weighted by molar-refractivity contribution is -0.144. The number of aliphatic hydroxyl groups is 1. The number of carboxylic acids is 1. The summed E-state index contributed by atoms with van der Waals surface area (Å²) >= 11 is 6.30. The van der Waals surface area contributed by atoms with E-state index in [0.29, 0.717) is 48.8 Å². The molecule has 3 aliphatic carbocycles. The van der Waals surface area contributed by atoms with Crippen LogP contribution in [0.2, 0.25) is 5.02 Å². The van der Waals surface area contributed by atoms with E-state index < -0.39 is 17.6 Å². The summed E-state index contributed by atoms with van der Waals surface area (Å²) in [6, 6.07) is 16.0. The molecule has 4 aliphatic rings. The standard InChI is InChI=1S/C42H55ClN4O4/c1-28(27-51-38-12-17-44-36-9-4-6-29(2)39(36)38)22-32-23-30-10-11-31(37(48)26-47-20-18-46(3)19-21-47)24-35(30)41(32)13-15-42(16-14-41,40(49)50)45-34-8-5-7-33(43)25-34/h5,7-8,10-12,17,24-25,28-29,32,37,45,48H,4,6,9,13-16,18-23,26-27H2,1-3H3,(H,49,50)/t28-,29-,32?,37?,41?,42?/m1/s1. The van der Waals surface area contributed by atoms with Gasteiger partial charge in [-0.05, 0) is 129 Å². The van der Waals surface area contributed by atoms with Gasteiger partial charge in [0.2, 0.25) is 0 Å². The van der Waals surface area contributed by atoms with Crippen molar-refractivity contribution in [3.63, 3.8) is 0 Å². The van der Waals surface area contributed by atoms with E-state index in [4.69, 9.17) is 16.3 Å². The van der Waals surface area contributed by atoms with Gasteiger partial charge in [-0.25, -0.2) is 4.79 Å². The molecule has 2 fully saturated rings. The van der Waals surface area contributed by atoms with Gasteiger partial charge >= 0.3 is 5.97 Å². The molecule has 8 nitrogen and oxygen atoms in total. The van der Waals surface area contributed by atoms with E-state index in [1.165, 1.54) is 35.2 Å². The highest BCUT2D eigenvalue weighted by Crippen LogP contribution is 2.56. The maximum Gasteiger partial charge on any atom is 0.329 e. The molecule has 51 heavy (non-hydrogen) atoms. The number of aromatic nitrogens is 1. The topological polar surface area (TPSA) is 98.2 Å². The summed E-state index contributed by atoms with van der Waals surface area (Å²) in [5.41, 5.74) is 5.57. The number of aryl methyl sites for hydroxylation is 1. The number of anilines is 1. The number of pyridine rings is 1. The summed E-state index contributed by atoms with van der Waals surface area (Å²) in [6.45, 7) is 9.79. The van der Waals surface area contributed by atoms with Crippen LogP contribution in [0.15, 0.2) is 54.7 Å². The number of benzene rings is 2. The first-order valence-corrected chi connectivity index (χ1v) is 19.5. The smallest absolute Gasteiger partial charge is 0.329 e. The second kappa shape index (κ2) is 15.1. The van der Waals surface area contributed by atoms with Crippen LogP contribution in [0.1, 0.15) is 98.8 Å². The van der Waals surface area contributed by atoms with Crippen molar-refractivity contribution in [3.8, 4) is 5.75 Å². The third-order valence-corrected chi connectivity index (χ3v) is 13.0. The first kappa shape index (κ1) is 36.2. The van der Waals surface area contributed by atoms with Crippen LogP contribution >= 0.6 is 11.6 Å². The average Bonchev–Trinajstić information content (AvgIpc) is 3.40. The number of carboxylic acid groups (broad SMARTS) is 1. The van der Waals surface area contributed by atoms with Gasteiger partial charge in [0, 0.05) is 60.9 Å². The Morgan fingerprint density at radius 2 is 1.88 bits per heavy atom. The molecule has 0 bridgehead atoms. The summed E-state index contributed by atoms with van der Waals surface area (Å²) in [4.78, 5) is 22.4. The Morgan fingerprint density at radius 1 is 1.10 bits per heavy atom. The van der Waals surface area contributed by atoms with E-state index in [0.717, 1.165) is 75.3 Å². The van der Waals surface area contributed by atoms with Crippen LogP contribution in [0.25, 0.3) is 0 Å². The van der Waals surface area contributed by atoms with Gasteiger partial charge in [0.25, 0.3) is 0 Å². The van der Waals surface area contributed by atoms with Crippen molar-refractivity contribution in [2.75, 3.05) is 51.7 Å². The van der Waals surface area contributed by atoms with Crippen LogP contribution in [-0.2, 0) is 23.1 Å². The molecule has 1 saturated heterocycles. The van der Waals surface area contributed by atoms with Gasteiger partial charge in [0.1, 0.15) is 11.3 Å². The summed E-state index contributed by atoms with van der Waals surface area (Å²) in [7, 11) is 2.15. The zero-order valence-corrected chi connectivity index (χ0v) is 31.3. The number of nitrogens with zero attached hydrogens (tertiary/aromatic N) is 3. The van der Waals surface area contributed by atoms with Crippen LogP contribution in [0, 0.1) is 11.8 Å². The molecule has 3 aromatic rings. The Morgan fingerprint density at radius 3 is 2.63 bits per heavy atom. The van der Waals surface area contributed by atoms with E-state index in [9.17, 15) is 15.0 Å². The number of carbonyl (C=O) groups is 1. The minimum absolute atomic E-state index is 0.174. The molecule has 1 saturated carbocycles. The number of aliphatic hydroxyl groups excluding tert-OH is 1. The Balaban J connectivity index is 1.13. The molecule has 2 unspecified atom stereocenters. The predicted octanol–water partition coefficient (Wildman–Crippen LogP) is 7.48. The molecular weight excluding hydrogens is 660 g/mol. The highest BCUT2D eigenvalue weighted by Gasteiger charge is 2.54. The van der Waals surface area contributed by atoms with Crippen molar-refractivity contribution in [2.24, 2.45) is 11.8 Å². The molecule has 1 aromatic heterocycles. The number of piperazine rings is 1. The van der Waals surface area contributed by atoms with E-state index >= 15 is 0 Å². The summed E-state index contributed by atoms with van der Waals surface area (Å²) in [5.74, 6) is 1.28. The fraction of sp³-hybridized carbons (Fsp3) is 0.571. The highest BCUT2D eigenvalue weighted by molar-refractivity contribution is 6.30. The van der Waals surface area contributed by atoms with Crippen LogP contribution in [0.4, 0.5) is 5.69 Å². The largest absolute Gasteiger partial charge is 0.493 e. The summed E-state index contributed by atoms with van der Waals surface area (Å²) in [6.07, 6.45) is 9.15. The maximum absolute atomic E-state index is 13.0. The number of β-amino-alcohol motifs (C(OH)–C–C–N with tert-alkyl or cyclic N) is 1. The first-order valence-electron chi connectivity index (χ1n) is 19.2. The lowest BCUT2D eigenvalue weighted by atomic mass is 9.59. The Bertz CT molecular complexity index is 1700. The van der Waals surface area contributed by atoms with Gasteiger partial charge in [-0.15, -0.1) is 0 Å². The summed E-state index contributed by atoms with van der Waals surface area (Å²) < 4.78 is 6.59. The van der Waals surface area contributed by atoms with Gasteiger partial charge in [0.05, 0.1) is 12.7 Å². The second-order valence-corrected chi connectivity index (χ2v) is 16.7. The van der Waals surface area contributed by atoms with Gasteiger partial charge in [0.15, 0.2) is 0 Å². The third kappa shape index (κ3) is 7.53. The summed E-state index contributed by atoms with van der Waals surface area (Å²) in [5, 5.41) is 26.2. The molecule has 2 aromatic carbocycles. The molecule has 2 heterocycles. The Labute approximate surface area is 308 Å². The average molecular weight is 715 g/mol. The lowest BCUT2D eigenvalue weighted by Crippen LogP contribution is -2.53. The fourth-order valence-electron chi connectivity index (χ4n) is 9.70. The number of nitrogens with one attached hydrogen (secondary N) is 1. The van der Waals surface area contributed by atoms with Crippen molar-refractivity contribution >= 4 is 23.3 Å². The zero-order chi connectivity index (χ0) is 35.8. The number of rotatable bonds is 11. The lowest BCUT2D eigenvalue weighted by Gasteiger charge is -2.47. The van der Waals surface area contributed by atoms with E-state index in [1.807, 2.05) is 24.4 Å². The Kier molecular flexibility index (Phi) is 10.7. The van der Waals surface area contributed by atoms with Crippen molar-refractivity contribution < 1.29 is 19.7 Å². The van der Waals surface area contributed by atoms with Gasteiger partial charge in [-0.1, -0.05) is 49.7 Å². The molecule has 3 N–H and O–H groups in total. The number of halogens is 1. The SMILES string of the molecule is C[C@@H](COc1ccnc2c1[C@H](C)CCC2)CC1Cc2ccc(C(O)CN3CCN(C)CC3)cc2C12CCC(Nc1cccc(Cl)c1)(C(=O)O)CC2. The second-order valence-electron chi connectivity index (χ2n) is 16.2. The quantitative estimate of drug-likeness (QED) is 0.188. The molecule has 274 valence electrons. The number of hydrogen-bond donors (Lipinski definition) is 3. The predicted molar refractivity (Wildman–Crippen MR) is 203 cm³/mol. The molecule has 1 aliphatic heterocycles. The minimum atomic E-state index is -1.08. The van der Waals surface area contributed by atoms with Crippen molar-refractivity contribution in [3.05, 3.63) is 87.7 Å². The fourth-order valence-corrected chi connectivity index (χ4v) is 9.89. The monoisotopic (exact) mass is 714 g/mol. The number of aliphatic carboxylic acids is 1. The molecule has 0 amide bonds. The highest BCUT2D eigenvalue weighted by atomic mass is 35.5. The van der Waals surface area contributed by atoms with Crippen LogP contribution in [0.3, 0.4) is 0 Å². The molecule has 4 atom stereocenters. The van der Waals surface area contributed by atoms with Crippen molar-refractivity contribution in [1.29, 1.82) is 0 Å². The third-order valence-electron chi connectivity index (χ3n) is 12.7. The molecule has 7 rings (SSSR count). The maximum atomic E-state index is 13.0. The van der Waals surface area contributed by atoms with Crippen molar-refractivity contribution in [1.82, 2.24) is 14.8 Å². The van der Waals surface area contributed by atoms with Crippen LogP contribution in [0.5, 0.6) is 5.75 Å². The minimum Gasteiger partial charge on any atom is -0.493 e. The van der Waals surface area contributed by atoms with E-state index in [2.05, 4.69) is 59.2 Å². The molecule has 0 radical (unpaired) electrons.